The van der Waals surface area contributed by atoms with Crippen molar-refractivity contribution in [2.75, 3.05) is 11.4 Å². The van der Waals surface area contributed by atoms with Gasteiger partial charge in [-0.05, 0) is 49.9 Å². The summed E-state index contributed by atoms with van der Waals surface area (Å²) in [6.07, 6.45) is -0.125. The van der Waals surface area contributed by atoms with Crippen LogP contribution >= 0.6 is 0 Å². The summed E-state index contributed by atoms with van der Waals surface area (Å²) < 4.78 is 56.8. The minimum atomic E-state index is -4.68. The number of nitrogens with zero attached hydrogens (tertiary/aromatic N) is 4. The summed E-state index contributed by atoms with van der Waals surface area (Å²) in [4.78, 5) is 8.88. The van der Waals surface area contributed by atoms with Gasteiger partial charge >= 0.3 is 6.18 Å². The predicted molar refractivity (Wildman–Crippen MR) is 159 cm³/mol. The van der Waals surface area contributed by atoms with Gasteiger partial charge in [-0.15, -0.1) is 0 Å². The number of rotatable bonds is 6. The highest BCUT2D eigenvalue weighted by atomic mass is 19.4. The Labute approximate surface area is 247 Å². The maximum atomic E-state index is 15.1. The number of aromatic amines is 1. The van der Waals surface area contributed by atoms with Crippen molar-refractivity contribution in [1.82, 2.24) is 19.7 Å². The van der Waals surface area contributed by atoms with Crippen LogP contribution in [0.15, 0.2) is 54.9 Å². The second-order valence-electron chi connectivity index (χ2n) is 11.5. The normalized spacial score (nSPS) is 14.0. The van der Waals surface area contributed by atoms with E-state index in [1.807, 2.05) is 35.1 Å². The molecule has 0 spiro atoms. The van der Waals surface area contributed by atoms with E-state index in [1.165, 1.54) is 0 Å². The van der Waals surface area contributed by atoms with Crippen molar-refractivity contribution < 1.29 is 22.7 Å². The SMILES string of the molecule is CCc1cccc(CC)c1-n1nc2c(c1-c1ccc(C(C)(C)O)c3[nH]ccc13)CN(c1ncc(C(F)(F)F)cc1F)CC2. The van der Waals surface area contributed by atoms with Gasteiger partial charge in [-0.25, -0.2) is 14.1 Å². The van der Waals surface area contributed by atoms with E-state index in [2.05, 4.69) is 35.9 Å². The van der Waals surface area contributed by atoms with E-state index in [-0.39, 0.29) is 12.4 Å². The van der Waals surface area contributed by atoms with Crippen LogP contribution in [0.25, 0.3) is 27.8 Å². The van der Waals surface area contributed by atoms with Gasteiger partial charge in [0.25, 0.3) is 0 Å². The number of anilines is 1. The van der Waals surface area contributed by atoms with Gasteiger partial charge in [0.15, 0.2) is 11.6 Å². The minimum Gasteiger partial charge on any atom is -0.386 e. The molecule has 6 rings (SSSR count). The van der Waals surface area contributed by atoms with E-state index >= 15 is 4.39 Å². The molecule has 5 aromatic rings. The summed E-state index contributed by atoms with van der Waals surface area (Å²) in [6, 6.07) is 12.6. The molecule has 2 aromatic carbocycles. The number of nitrogens with one attached hydrogen (secondary N) is 1. The zero-order valence-corrected chi connectivity index (χ0v) is 24.5. The van der Waals surface area contributed by atoms with Crippen molar-refractivity contribution in [1.29, 1.82) is 0 Å². The van der Waals surface area contributed by atoms with E-state index in [0.29, 0.717) is 25.2 Å². The number of hydrogen-bond donors (Lipinski definition) is 2. The van der Waals surface area contributed by atoms with Crippen molar-refractivity contribution >= 4 is 16.7 Å². The van der Waals surface area contributed by atoms with Crippen LogP contribution in [-0.2, 0) is 37.6 Å². The lowest BCUT2D eigenvalue weighted by Gasteiger charge is -2.28. The van der Waals surface area contributed by atoms with Gasteiger partial charge in [-0.3, -0.25) is 0 Å². The summed E-state index contributed by atoms with van der Waals surface area (Å²) in [5.74, 6) is -1.14. The molecular formula is C33H33F4N5O. The number of fused-ring (bicyclic) bond motifs is 2. The first-order chi connectivity index (χ1) is 20.4. The molecule has 43 heavy (non-hydrogen) atoms. The molecule has 2 N–H and O–H groups in total. The summed E-state index contributed by atoms with van der Waals surface area (Å²) in [5, 5.41) is 16.9. The lowest BCUT2D eigenvalue weighted by atomic mass is 9.91. The highest BCUT2D eigenvalue weighted by molar-refractivity contribution is 5.97. The number of para-hydroxylation sites is 1. The molecule has 0 atom stereocenters. The van der Waals surface area contributed by atoms with Crippen molar-refractivity contribution in [3.8, 4) is 16.9 Å². The Morgan fingerprint density at radius 1 is 1.02 bits per heavy atom. The average Bonchev–Trinajstić information content (AvgIpc) is 3.60. The molecule has 0 radical (unpaired) electrons. The molecule has 0 bridgehead atoms. The number of hydrogen-bond acceptors (Lipinski definition) is 4. The molecule has 0 saturated heterocycles. The molecule has 1 aliphatic rings. The smallest absolute Gasteiger partial charge is 0.386 e. The summed E-state index contributed by atoms with van der Waals surface area (Å²) >= 11 is 0. The largest absolute Gasteiger partial charge is 0.417 e. The first-order valence-corrected chi connectivity index (χ1v) is 14.4. The van der Waals surface area contributed by atoms with E-state index in [1.54, 1.807) is 18.7 Å². The Kier molecular flexibility index (Phi) is 7.07. The van der Waals surface area contributed by atoms with Crippen LogP contribution in [0, 0.1) is 5.82 Å². The first-order valence-electron chi connectivity index (χ1n) is 14.4. The summed E-state index contributed by atoms with van der Waals surface area (Å²) in [6.45, 7) is 8.25. The Balaban J connectivity index is 1.58. The highest BCUT2D eigenvalue weighted by Crippen LogP contribution is 2.41. The molecule has 0 saturated carbocycles. The molecule has 0 fully saturated rings. The van der Waals surface area contributed by atoms with Crippen LogP contribution in [-0.4, -0.2) is 31.4 Å². The van der Waals surface area contributed by atoms with E-state index in [0.717, 1.165) is 68.6 Å². The van der Waals surface area contributed by atoms with Gasteiger partial charge in [-0.1, -0.05) is 44.2 Å². The van der Waals surface area contributed by atoms with E-state index in [4.69, 9.17) is 5.10 Å². The van der Waals surface area contributed by atoms with Crippen LogP contribution in [0.4, 0.5) is 23.4 Å². The van der Waals surface area contributed by atoms with Crippen molar-refractivity contribution in [3.63, 3.8) is 0 Å². The Bertz CT molecular complexity index is 1810. The predicted octanol–water partition coefficient (Wildman–Crippen LogP) is 7.49. The number of benzene rings is 2. The topological polar surface area (TPSA) is 70.0 Å². The van der Waals surface area contributed by atoms with Crippen molar-refractivity contribution in [3.05, 3.63) is 94.2 Å². The maximum absolute atomic E-state index is 15.1. The molecule has 1 aliphatic heterocycles. The third kappa shape index (κ3) is 4.97. The second-order valence-corrected chi connectivity index (χ2v) is 11.5. The zero-order chi connectivity index (χ0) is 30.7. The van der Waals surface area contributed by atoms with Crippen molar-refractivity contribution in [2.45, 2.75) is 65.3 Å². The van der Waals surface area contributed by atoms with Gasteiger partial charge < -0.3 is 15.0 Å². The fourth-order valence-corrected chi connectivity index (χ4v) is 6.17. The number of aromatic nitrogens is 4. The fourth-order valence-electron chi connectivity index (χ4n) is 6.17. The van der Waals surface area contributed by atoms with Crippen LogP contribution in [0.1, 0.15) is 61.2 Å². The van der Waals surface area contributed by atoms with E-state index < -0.39 is 23.2 Å². The van der Waals surface area contributed by atoms with Crippen LogP contribution in [0.2, 0.25) is 0 Å². The lowest BCUT2D eigenvalue weighted by molar-refractivity contribution is -0.138. The van der Waals surface area contributed by atoms with Gasteiger partial charge in [-0.2, -0.15) is 18.3 Å². The number of pyridine rings is 1. The number of aryl methyl sites for hydroxylation is 2. The maximum Gasteiger partial charge on any atom is 0.417 e. The van der Waals surface area contributed by atoms with Crippen molar-refractivity contribution in [2.24, 2.45) is 0 Å². The number of aliphatic hydroxyl groups is 1. The monoisotopic (exact) mass is 591 g/mol. The van der Waals surface area contributed by atoms with Gasteiger partial charge in [0, 0.05) is 54.0 Å². The van der Waals surface area contributed by atoms with Crippen LogP contribution in [0.3, 0.4) is 0 Å². The fraction of sp³-hybridized carbons (Fsp3) is 0.333. The molecule has 4 heterocycles. The molecular weight excluding hydrogens is 558 g/mol. The zero-order valence-electron chi connectivity index (χ0n) is 24.5. The standard InChI is InChI=1S/C33H33F4N5O/c1-5-19-8-7-9-20(6-2)29(19)42-30(23-10-11-25(32(3,4)43)28-22(23)12-14-38-28)24-18-41(15-13-27(24)40-42)31-26(34)16-21(17-39-31)33(35,36)37/h7-12,14,16-17,38,43H,5-6,13,15,18H2,1-4H3. The van der Waals surface area contributed by atoms with E-state index in [9.17, 15) is 18.3 Å². The van der Waals surface area contributed by atoms with Crippen LogP contribution < -0.4 is 4.90 Å². The average molecular weight is 592 g/mol. The molecule has 0 amide bonds. The summed E-state index contributed by atoms with van der Waals surface area (Å²) in [7, 11) is 0. The van der Waals surface area contributed by atoms with Gasteiger partial charge in [0.2, 0.25) is 0 Å². The molecule has 6 nitrogen and oxygen atoms in total. The minimum absolute atomic E-state index is 0.121. The number of halogens is 4. The highest BCUT2D eigenvalue weighted by Gasteiger charge is 2.34. The third-order valence-corrected chi connectivity index (χ3v) is 8.30. The molecule has 10 heteroatoms. The van der Waals surface area contributed by atoms with Crippen LogP contribution in [0.5, 0.6) is 0 Å². The molecule has 224 valence electrons. The Morgan fingerprint density at radius 3 is 2.37 bits per heavy atom. The third-order valence-electron chi connectivity index (χ3n) is 8.30. The molecule has 0 unspecified atom stereocenters. The quantitative estimate of drug-likeness (QED) is 0.201. The summed E-state index contributed by atoms with van der Waals surface area (Å²) in [5.41, 5.74) is 6.02. The molecule has 0 aliphatic carbocycles. The van der Waals surface area contributed by atoms with Gasteiger partial charge in [0.1, 0.15) is 0 Å². The lowest BCUT2D eigenvalue weighted by Crippen LogP contribution is -2.32. The number of alkyl halides is 3. The van der Waals surface area contributed by atoms with Gasteiger partial charge in [0.05, 0.1) is 33.8 Å². The Morgan fingerprint density at radius 2 is 1.74 bits per heavy atom. The Hall–Kier alpha value is -4.18. The first kappa shape index (κ1) is 28.9. The molecule has 3 aromatic heterocycles. The number of H-pyrrole nitrogens is 1. The second kappa shape index (κ2) is 10.5.